The molecule has 0 amide bonds. The van der Waals surface area contributed by atoms with Crippen molar-refractivity contribution < 1.29 is 13.2 Å². The molecular weight excluding hydrogens is 288 g/mol. The van der Waals surface area contributed by atoms with Crippen LogP contribution in [0.4, 0.5) is 0 Å². The van der Waals surface area contributed by atoms with Crippen molar-refractivity contribution in [3.8, 4) is 5.75 Å². The predicted octanol–water partition coefficient (Wildman–Crippen LogP) is 2.23. The molecule has 0 fully saturated rings. The van der Waals surface area contributed by atoms with Crippen molar-refractivity contribution in [3.63, 3.8) is 0 Å². The number of nitrogens with zero attached hydrogens (tertiary/aromatic N) is 1. The van der Waals surface area contributed by atoms with Crippen molar-refractivity contribution in [1.82, 2.24) is 9.62 Å². The fraction of sp³-hybridized carbons (Fsp3) is 0.600. The fourth-order valence-corrected chi connectivity index (χ4v) is 3.13. The molecule has 0 atom stereocenters. The maximum atomic E-state index is 12.4. The van der Waals surface area contributed by atoms with E-state index in [-0.39, 0.29) is 0 Å². The molecule has 1 rings (SSSR count). The Kier molecular flexibility index (Phi) is 7.14. The first-order valence-corrected chi connectivity index (χ1v) is 8.84. The van der Waals surface area contributed by atoms with E-state index in [1.165, 1.54) is 4.31 Å². The van der Waals surface area contributed by atoms with Crippen molar-refractivity contribution in [2.75, 3.05) is 26.7 Å². The van der Waals surface area contributed by atoms with Gasteiger partial charge in [-0.05, 0) is 38.1 Å². The molecule has 0 saturated carbocycles. The van der Waals surface area contributed by atoms with Crippen molar-refractivity contribution >= 4 is 10.0 Å². The summed E-state index contributed by atoms with van der Waals surface area (Å²) in [5.41, 5.74) is 0.871. The van der Waals surface area contributed by atoms with Crippen LogP contribution in [0.25, 0.3) is 0 Å². The average molecular weight is 314 g/mol. The van der Waals surface area contributed by atoms with Crippen LogP contribution in [0, 0.1) is 0 Å². The molecular formula is C15H26N2O3S. The van der Waals surface area contributed by atoms with Gasteiger partial charge in [-0.15, -0.1) is 0 Å². The molecule has 0 heterocycles. The zero-order chi connectivity index (χ0) is 15.9. The van der Waals surface area contributed by atoms with Crippen LogP contribution in [0.1, 0.15) is 32.8 Å². The molecule has 0 aliphatic carbocycles. The lowest BCUT2D eigenvalue weighted by Gasteiger charge is -2.17. The molecule has 0 aromatic heterocycles. The van der Waals surface area contributed by atoms with Crippen molar-refractivity contribution in [2.24, 2.45) is 0 Å². The maximum absolute atomic E-state index is 12.4. The number of sulfonamides is 1. The van der Waals surface area contributed by atoms with Crippen molar-refractivity contribution in [3.05, 3.63) is 23.8 Å². The van der Waals surface area contributed by atoms with Crippen LogP contribution < -0.4 is 10.1 Å². The van der Waals surface area contributed by atoms with Gasteiger partial charge in [-0.2, -0.15) is 0 Å². The first-order chi connectivity index (χ1) is 9.97. The van der Waals surface area contributed by atoms with Crippen molar-refractivity contribution in [2.45, 2.75) is 38.6 Å². The second-order valence-corrected chi connectivity index (χ2v) is 6.84. The molecule has 21 heavy (non-hydrogen) atoms. The second-order valence-electron chi connectivity index (χ2n) is 4.80. The minimum Gasteiger partial charge on any atom is -0.494 e. The van der Waals surface area contributed by atoms with Crippen molar-refractivity contribution in [1.29, 1.82) is 0 Å². The summed E-state index contributed by atoms with van der Waals surface area (Å²) in [5.74, 6) is 0.735. The number of nitrogens with one attached hydrogen (secondary N) is 1. The van der Waals surface area contributed by atoms with E-state index in [1.54, 1.807) is 25.2 Å². The van der Waals surface area contributed by atoms with Gasteiger partial charge in [-0.25, -0.2) is 12.7 Å². The quantitative estimate of drug-likeness (QED) is 0.710. The van der Waals surface area contributed by atoms with Crippen LogP contribution in [0.2, 0.25) is 0 Å². The maximum Gasteiger partial charge on any atom is 0.242 e. The largest absolute Gasteiger partial charge is 0.494 e. The predicted molar refractivity (Wildman–Crippen MR) is 85.1 cm³/mol. The highest BCUT2D eigenvalue weighted by atomic mass is 32.2. The Hall–Kier alpha value is -1.11. The van der Waals surface area contributed by atoms with Gasteiger partial charge in [0.15, 0.2) is 0 Å². The SMILES string of the molecule is CCCNCc1cc(S(=O)(=O)N(C)CC)ccc1OCC. The Morgan fingerprint density at radius 1 is 1.24 bits per heavy atom. The molecule has 120 valence electrons. The number of rotatable bonds is 9. The Morgan fingerprint density at radius 2 is 1.95 bits per heavy atom. The molecule has 0 aliphatic heterocycles. The number of ether oxygens (including phenoxy) is 1. The van der Waals surface area contributed by atoms with Crippen LogP contribution in [0.3, 0.4) is 0 Å². The summed E-state index contributed by atoms with van der Waals surface area (Å²) >= 11 is 0. The van der Waals surface area contributed by atoms with Gasteiger partial charge >= 0.3 is 0 Å². The molecule has 0 aliphatic rings. The van der Waals surface area contributed by atoms with Gasteiger partial charge in [0.1, 0.15) is 5.75 Å². The van der Waals surface area contributed by atoms with Gasteiger partial charge in [0, 0.05) is 25.7 Å². The topological polar surface area (TPSA) is 58.6 Å². The molecule has 0 radical (unpaired) electrons. The minimum absolute atomic E-state index is 0.309. The first-order valence-electron chi connectivity index (χ1n) is 7.40. The van der Waals surface area contributed by atoms with E-state index in [2.05, 4.69) is 12.2 Å². The van der Waals surface area contributed by atoms with Crippen LogP contribution in [0.5, 0.6) is 5.75 Å². The average Bonchev–Trinajstić information content (AvgIpc) is 2.48. The standard InChI is InChI=1S/C15H26N2O3S/c1-5-10-16-12-13-11-14(8-9-15(13)20-7-3)21(18,19)17(4)6-2/h8-9,11,16H,5-7,10,12H2,1-4H3. The van der Waals surface area contributed by atoms with E-state index in [0.29, 0.717) is 24.6 Å². The molecule has 0 bridgehead atoms. The summed E-state index contributed by atoms with van der Waals surface area (Å²) in [5, 5.41) is 3.28. The van der Waals surface area contributed by atoms with Crippen LogP contribution >= 0.6 is 0 Å². The number of hydrogen-bond donors (Lipinski definition) is 1. The Bertz CT molecular complexity index is 544. The monoisotopic (exact) mass is 314 g/mol. The van der Waals surface area contributed by atoms with Crippen LogP contribution in [0.15, 0.2) is 23.1 Å². The molecule has 1 aromatic carbocycles. The highest BCUT2D eigenvalue weighted by Crippen LogP contribution is 2.24. The van der Waals surface area contributed by atoms with E-state index in [4.69, 9.17) is 4.74 Å². The number of benzene rings is 1. The lowest BCUT2D eigenvalue weighted by Crippen LogP contribution is -2.26. The van der Waals surface area contributed by atoms with Gasteiger partial charge in [-0.1, -0.05) is 13.8 Å². The zero-order valence-electron chi connectivity index (χ0n) is 13.3. The van der Waals surface area contributed by atoms with Gasteiger partial charge < -0.3 is 10.1 Å². The highest BCUT2D eigenvalue weighted by molar-refractivity contribution is 7.89. The van der Waals surface area contributed by atoms with Crippen LogP contribution in [-0.4, -0.2) is 39.5 Å². The van der Waals surface area contributed by atoms with Crippen LogP contribution in [-0.2, 0) is 16.6 Å². The molecule has 0 unspecified atom stereocenters. The summed E-state index contributed by atoms with van der Waals surface area (Å²) < 4.78 is 31.7. The Balaban J connectivity index is 3.11. The lowest BCUT2D eigenvalue weighted by molar-refractivity contribution is 0.335. The molecule has 1 N–H and O–H groups in total. The third kappa shape index (κ3) is 4.69. The summed E-state index contributed by atoms with van der Waals surface area (Å²) in [6.07, 6.45) is 1.03. The highest BCUT2D eigenvalue weighted by Gasteiger charge is 2.20. The third-order valence-corrected chi connectivity index (χ3v) is 5.16. The zero-order valence-corrected chi connectivity index (χ0v) is 14.2. The van der Waals surface area contributed by atoms with E-state index in [0.717, 1.165) is 24.3 Å². The smallest absolute Gasteiger partial charge is 0.242 e. The van der Waals surface area contributed by atoms with Gasteiger partial charge in [-0.3, -0.25) is 0 Å². The number of hydrogen-bond acceptors (Lipinski definition) is 4. The fourth-order valence-electron chi connectivity index (χ4n) is 1.90. The first kappa shape index (κ1) is 17.9. The lowest BCUT2D eigenvalue weighted by atomic mass is 10.2. The summed E-state index contributed by atoms with van der Waals surface area (Å²) in [6.45, 7) is 8.31. The van der Waals surface area contributed by atoms with E-state index in [9.17, 15) is 8.42 Å². The second kappa shape index (κ2) is 8.36. The summed E-state index contributed by atoms with van der Waals surface area (Å²) in [4.78, 5) is 0.309. The van der Waals surface area contributed by atoms with Gasteiger partial charge in [0.2, 0.25) is 10.0 Å². The minimum atomic E-state index is -3.42. The van der Waals surface area contributed by atoms with E-state index in [1.807, 2.05) is 13.8 Å². The molecule has 6 heteroatoms. The molecule has 0 saturated heterocycles. The van der Waals surface area contributed by atoms with E-state index >= 15 is 0 Å². The van der Waals surface area contributed by atoms with Gasteiger partial charge in [0.05, 0.1) is 11.5 Å². The van der Waals surface area contributed by atoms with Gasteiger partial charge in [0.25, 0.3) is 0 Å². The molecule has 1 aromatic rings. The Morgan fingerprint density at radius 3 is 2.52 bits per heavy atom. The molecule has 0 spiro atoms. The summed E-state index contributed by atoms with van der Waals surface area (Å²) in [7, 11) is -1.84. The summed E-state index contributed by atoms with van der Waals surface area (Å²) in [6, 6.07) is 5.05. The molecule has 5 nitrogen and oxygen atoms in total. The third-order valence-electron chi connectivity index (χ3n) is 3.23. The van der Waals surface area contributed by atoms with E-state index < -0.39 is 10.0 Å². The normalized spacial score (nSPS) is 11.9. The Labute approximate surface area is 128 Å².